The van der Waals surface area contributed by atoms with Crippen molar-refractivity contribution in [3.05, 3.63) is 48.4 Å². The normalized spacial score (nSPS) is 17.2. The number of sulfonamides is 1. The number of nitrogens with zero attached hydrogens (tertiary/aromatic N) is 6. The molecule has 0 bridgehead atoms. The second kappa shape index (κ2) is 10.1. The summed E-state index contributed by atoms with van der Waals surface area (Å²) in [7, 11) is -3.76. The standard InChI is InChI=1S/C23H27F2N7O3S/c1-2-9-36(33,34)28-20-4-3-19(24)23(22(20)25)32-13-21(27-29-32)16-10-17(12-26-11-16)30-5-7-31(8-6-30)18-14-35-15-18/h3-4,10-13,18,28H,2,5-9,14-15H2,1H3. The van der Waals surface area contributed by atoms with Crippen LogP contribution < -0.4 is 9.62 Å². The van der Waals surface area contributed by atoms with E-state index in [-0.39, 0.29) is 11.4 Å². The fourth-order valence-corrected chi connectivity index (χ4v) is 5.47. The maximum absolute atomic E-state index is 15.1. The third-order valence-corrected chi connectivity index (χ3v) is 7.84. The minimum atomic E-state index is -3.76. The predicted molar refractivity (Wildman–Crippen MR) is 131 cm³/mol. The molecular weight excluding hydrogens is 492 g/mol. The van der Waals surface area contributed by atoms with Crippen molar-refractivity contribution in [2.75, 3.05) is 54.8 Å². The Morgan fingerprint density at radius 1 is 1.14 bits per heavy atom. The highest BCUT2D eigenvalue weighted by molar-refractivity contribution is 7.92. The smallest absolute Gasteiger partial charge is 0.232 e. The lowest BCUT2D eigenvalue weighted by molar-refractivity contribution is -0.0660. The van der Waals surface area contributed by atoms with Gasteiger partial charge in [-0.05, 0) is 24.6 Å². The maximum Gasteiger partial charge on any atom is 0.232 e. The highest BCUT2D eigenvalue weighted by atomic mass is 32.2. The number of benzene rings is 1. The summed E-state index contributed by atoms with van der Waals surface area (Å²) < 4.78 is 62.3. The van der Waals surface area contributed by atoms with Crippen LogP contribution in [-0.4, -0.2) is 84.5 Å². The number of anilines is 2. The summed E-state index contributed by atoms with van der Waals surface area (Å²) in [5.74, 6) is -2.16. The molecule has 4 heterocycles. The molecule has 1 N–H and O–H groups in total. The van der Waals surface area contributed by atoms with E-state index in [0.717, 1.165) is 61.9 Å². The second-order valence-corrected chi connectivity index (χ2v) is 10.7. The van der Waals surface area contributed by atoms with Crippen LogP contribution in [0.15, 0.2) is 36.8 Å². The first-order chi connectivity index (χ1) is 17.3. The molecule has 2 aliphatic heterocycles. The van der Waals surface area contributed by atoms with E-state index in [1.807, 2.05) is 6.07 Å². The van der Waals surface area contributed by atoms with Crippen molar-refractivity contribution in [2.45, 2.75) is 19.4 Å². The van der Waals surface area contributed by atoms with E-state index in [9.17, 15) is 12.8 Å². The van der Waals surface area contributed by atoms with E-state index >= 15 is 4.39 Å². The van der Waals surface area contributed by atoms with Gasteiger partial charge in [0.1, 0.15) is 11.4 Å². The third-order valence-electron chi connectivity index (χ3n) is 6.36. The van der Waals surface area contributed by atoms with Gasteiger partial charge in [-0.1, -0.05) is 12.1 Å². The molecule has 0 spiro atoms. The fourth-order valence-electron chi connectivity index (χ4n) is 4.34. The molecule has 0 aliphatic carbocycles. The van der Waals surface area contributed by atoms with E-state index in [2.05, 4.69) is 29.8 Å². The number of rotatable bonds is 8. The van der Waals surface area contributed by atoms with Crippen molar-refractivity contribution >= 4 is 21.4 Å². The minimum Gasteiger partial charge on any atom is -0.378 e. The first kappa shape index (κ1) is 24.5. The summed E-state index contributed by atoms with van der Waals surface area (Å²) in [6.45, 7) is 6.85. The molecule has 5 rings (SSSR count). The lowest BCUT2D eigenvalue weighted by Gasteiger charge is -2.43. The van der Waals surface area contributed by atoms with E-state index in [0.29, 0.717) is 23.7 Å². The van der Waals surface area contributed by atoms with Gasteiger partial charge < -0.3 is 9.64 Å². The highest BCUT2D eigenvalue weighted by Gasteiger charge is 2.29. The molecule has 0 radical (unpaired) electrons. The summed E-state index contributed by atoms with van der Waals surface area (Å²) in [4.78, 5) is 9.00. The molecule has 2 fully saturated rings. The second-order valence-electron chi connectivity index (χ2n) is 8.87. The number of hydrogen-bond acceptors (Lipinski definition) is 8. The number of ether oxygens (including phenoxy) is 1. The van der Waals surface area contributed by atoms with Gasteiger partial charge in [0.15, 0.2) is 11.6 Å². The van der Waals surface area contributed by atoms with Crippen LogP contribution in [0, 0.1) is 11.6 Å². The van der Waals surface area contributed by atoms with E-state index in [4.69, 9.17) is 4.74 Å². The monoisotopic (exact) mass is 519 g/mol. The zero-order chi connectivity index (χ0) is 25.3. The molecule has 0 unspecified atom stereocenters. The topological polar surface area (TPSA) is 105 Å². The first-order valence-electron chi connectivity index (χ1n) is 11.8. The minimum absolute atomic E-state index is 0.181. The molecule has 2 saturated heterocycles. The number of pyridine rings is 1. The Morgan fingerprint density at radius 3 is 2.61 bits per heavy atom. The molecule has 2 aliphatic rings. The van der Waals surface area contributed by atoms with Crippen LogP contribution in [0.25, 0.3) is 16.9 Å². The van der Waals surface area contributed by atoms with Crippen molar-refractivity contribution in [3.63, 3.8) is 0 Å². The third kappa shape index (κ3) is 5.04. The van der Waals surface area contributed by atoms with Gasteiger partial charge in [0.2, 0.25) is 10.0 Å². The summed E-state index contributed by atoms with van der Waals surface area (Å²) >= 11 is 0. The van der Waals surface area contributed by atoms with Crippen LogP contribution in [0.5, 0.6) is 0 Å². The predicted octanol–water partition coefficient (Wildman–Crippen LogP) is 2.28. The highest BCUT2D eigenvalue weighted by Crippen LogP contribution is 2.28. The van der Waals surface area contributed by atoms with E-state index in [1.165, 1.54) is 6.20 Å². The van der Waals surface area contributed by atoms with E-state index < -0.39 is 27.3 Å². The van der Waals surface area contributed by atoms with Crippen molar-refractivity contribution < 1.29 is 21.9 Å². The van der Waals surface area contributed by atoms with Crippen LogP contribution in [0.3, 0.4) is 0 Å². The lowest BCUT2D eigenvalue weighted by atomic mass is 10.1. The van der Waals surface area contributed by atoms with Gasteiger partial charge in [-0.25, -0.2) is 21.9 Å². The Morgan fingerprint density at radius 2 is 1.92 bits per heavy atom. The molecular formula is C23H27F2N7O3S. The molecule has 13 heteroatoms. The SMILES string of the molecule is CCCS(=O)(=O)Nc1ccc(F)c(-n2cc(-c3cncc(N4CCN(C5COC5)CC4)c3)nn2)c1F. The van der Waals surface area contributed by atoms with Crippen LogP contribution in [0.2, 0.25) is 0 Å². The van der Waals surface area contributed by atoms with Crippen molar-refractivity contribution in [2.24, 2.45) is 0 Å². The van der Waals surface area contributed by atoms with Gasteiger partial charge in [0.25, 0.3) is 0 Å². The number of aromatic nitrogens is 4. The van der Waals surface area contributed by atoms with Gasteiger partial charge in [-0.2, -0.15) is 0 Å². The Labute approximate surface area is 207 Å². The number of nitrogens with one attached hydrogen (secondary N) is 1. The van der Waals surface area contributed by atoms with Crippen LogP contribution >= 0.6 is 0 Å². The average Bonchev–Trinajstić information content (AvgIpc) is 3.30. The van der Waals surface area contributed by atoms with Gasteiger partial charge in [-0.3, -0.25) is 14.6 Å². The number of hydrogen-bond donors (Lipinski definition) is 1. The fraction of sp³-hybridized carbons (Fsp3) is 0.435. The number of halogens is 2. The largest absolute Gasteiger partial charge is 0.378 e. The van der Waals surface area contributed by atoms with Crippen molar-refractivity contribution in [1.29, 1.82) is 0 Å². The Balaban J connectivity index is 1.36. The van der Waals surface area contributed by atoms with Crippen LogP contribution in [0.4, 0.5) is 20.2 Å². The Hall–Kier alpha value is -3.16. The van der Waals surface area contributed by atoms with Gasteiger partial charge in [0.05, 0.1) is 48.8 Å². The van der Waals surface area contributed by atoms with Crippen LogP contribution in [-0.2, 0) is 14.8 Å². The quantitative estimate of drug-likeness (QED) is 0.483. The average molecular weight is 520 g/mol. The summed E-state index contributed by atoms with van der Waals surface area (Å²) in [6, 6.07) is 4.46. The van der Waals surface area contributed by atoms with Crippen LogP contribution in [0.1, 0.15) is 13.3 Å². The zero-order valence-electron chi connectivity index (χ0n) is 19.8. The van der Waals surface area contributed by atoms with Gasteiger partial charge >= 0.3 is 0 Å². The molecule has 10 nitrogen and oxygen atoms in total. The first-order valence-corrected chi connectivity index (χ1v) is 13.4. The lowest BCUT2D eigenvalue weighted by Crippen LogP contribution is -2.56. The summed E-state index contributed by atoms with van der Waals surface area (Å²) in [5.41, 5.74) is 1.08. The molecule has 1 aromatic carbocycles. The Bertz CT molecular complexity index is 1340. The molecule has 0 atom stereocenters. The van der Waals surface area contributed by atoms with Gasteiger partial charge in [0, 0.05) is 37.9 Å². The molecule has 2 aromatic heterocycles. The van der Waals surface area contributed by atoms with Gasteiger partial charge in [-0.15, -0.1) is 5.10 Å². The molecule has 36 heavy (non-hydrogen) atoms. The summed E-state index contributed by atoms with van der Waals surface area (Å²) in [5, 5.41) is 7.97. The Kier molecular flexibility index (Phi) is 6.86. The maximum atomic E-state index is 15.1. The molecule has 0 amide bonds. The van der Waals surface area contributed by atoms with E-state index in [1.54, 1.807) is 19.3 Å². The summed E-state index contributed by atoms with van der Waals surface area (Å²) in [6.07, 6.45) is 5.14. The molecule has 192 valence electrons. The number of piperazine rings is 1. The van der Waals surface area contributed by atoms with Crippen molar-refractivity contribution in [3.8, 4) is 16.9 Å². The molecule has 3 aromatic rings. The zero-order valence-corrected chi connectivity index (χ0v) is 20.6. The molecule has 0 saturated carbocycles. The van der Waals surface area contributed by atoms with Crippen molar-refractivity contribution in [1.82, 2.24) is 24.9 Å².